The summed E-state index contributed by atoms with van der Waals surface area (Å²) in [6, 6.07) is 0. The van der Waals surface area contributed by atoms with E-state index in [1.54, 1.807) is 6.92 Å². The zero-order valence-corrected chi connectivity index (χ0v) is 12.5. The molecule has 18 heavy (non-hydrogen) atoms. The smallest absolute Gasteiger partial charge is 0.270 e. The molecule has 6 heteroatoms. The van der Waals surface area contributed by atoms with Crippen molar-refractivity contribution in [3.8, 4) is 0 Å². The van der Waals surface area contributed by atoms with Crippen LogP contribution in [-0.2, 0) is 14.9 Å². The number of rotatable bonds is 10. The van der Waals surface area contributed by atoms with Crippen LogP contribution >= 0.6 is 0 Å². The van der Waals surface area contributed by atoms with Gasteiger partial charge in [0.05, 0.1) is 26.2 Å². The van der Waals surface area contributed by atoms with E-state index in [1.165, 1.54) is 0 Å². The molecular weight excluding hydrogens is 254 g/mol. The summed E-state index contributed by atoms with van der Waals surface area (Å²) in [7, 11) is -3.89. The molecule has 5 nitrogen and oxygen atoms in total. The fraction of sp³-hybridized carbons (Fsp3) is 0.917. The lowest BCUT2D eigenvalue weighted by atomic mass is 10.1. The highest BCUT2D eigenvalue weighted by Gasteiger charge is 2.24. The van der Waals surface area contributed by atoms with Gasteiger partial charge in [-0.05, 0) is 33.6 Å². The zero-order valence-electron chi connectivity index (χ0n) is 11.7. The number of hydrogen-bond acceptors (Lipinski definition) is 3. The van der Waals surface area contributed by atoms with Crippen molar-refractivity contribution in [1.29, 1.82) is 0 Å². The van der Waals surface area contributed by atoms with Crippen LogP contribution in [0.4, 0.5) is 0 Å². The van der Waals surface area contributed by atoms with Crippen LogP contribution in [0, 0.1) is 0 Å². The monoisotopic (exact) mass is 280 g/mol. The molecule has 0 amide bonds. The van der Waals surface area contributed by atoms with Gasteiger partial charge in [0.2, 0.25) is 0 Å². The Hall–Kier alpha value is -0.460. The summed E-state index contributed by atoms with van der Waals surface area (Å²) in [6.07, 6.45) is 2.35. The van der Waals surface area contributed by atoms with Crippen molar-refractivity contribution in [2.24, 2.45) is 0 Å². The third-order valence-electron chi connectivity index (χ3n) is 3.58. The average Bonchev–Trinajstić information content (AvgIpc) is 2.27. The Morgan fingerprint density at radius 3 is 2.06 bits per heavy atom. The lowest BCUT2D eigenvalue weighted by molar-refractivity contribution is -0.922. The minimum Gasteiger partial charge on any atom is -0.323 e. The van der Waals surface area contributed by atoms with Crippen LogP contribution in [-0.4, -0.2) is 55.2 Å². The summed E-state index contributed by atoms with van der Waals surface area (Å²) in [6.45, 7) is 8.61. The number of carbonyl (C=O) groups is 1. The molecule has 0 radical (unpaired) electrons. The summed E-state index contributed by atoms with van der Waals surface area (Å²) in [5.41, 5.74) is 0. The molecule has 0 rings (SSSR count). The maximum absolute atomic E-state index is 10.8. The van der Waals surface area contributed by atoms with Crippen LogP contribution in [0.1, 0.15) is 40.0 Å². The van der Waals surface area contributed by atoms with Gasteiger partial charge >= 0.3 is 0 Å². The minimum atomic E-state index is -3.89. The van der Waals surface area contributed by atoms with Crippen molar-refractivity contribution in [2.45, 2.75) is 40.0 Å². The zero-order chi connectivity index (χ0) is 14.2. The molecule has 0 aliphatic rings. The average molecular weight is 280 g/mol. The fourth-order valence-corrected chi connectivity index (χ4v) is 2.72. The summed E-state index contributed by atoms with van der Waals surface area (Å²) >= 11 is 0. The molecule has 0 fully saturated rings. The van der Waals surface area contributed by atoms with Crippen LogP contribution in [0.5, 0.6) is 0 Å². The first-order valence-corrected chi connectivity index (χ1v) is 8.15. The van der Waals surface area contributed by atoms with E-state index in [0.29, 0.717) is 17.4 Å². The Bertz CT molecular complexity index is 347. The van der Waals surface area contributed by atoms with Gasteiger partial charge in [0.15, 0.2) is 0 Å². The first kappa shape index (κ1) is 17.5. The standard InChI is InChI=1S/C12H25NO4S/c1-4-13(5-2,10-11-18(15,16)17)9-7-6-8-12(3)14/h4-11H2,1-3H3/p+1. The van der Waals surface area contributed by atoms with E-state index in [1.807, 2.05) is 13.8 Å². The Kier molecular flexibility index (Phi) is 7.66. The van der Waals surface area contributed by atoms with Gasteiger partial charge < -0.3 is 9.28 Å². The molecule has 0 aliphatic heterocycles. The summed E-state index contributed by atoms with van der Waals surface area (Å²) in [5, 5.41) is 0. The number of nitrogens with zero attached hydrogens (tertiary/aromatic N) is 1. The first-order chi connectivity index (χ1) is 8.24. The van der Waals surface area contributed by atoms with Gasteiger partial charge in [0.1, 0.15) is 11.5 Å². The fourth-order valence-electron chi connectivity index (χ4n) is 2.10. The van der Waals surface area contributed by atoms with E-state index in [0.717, 1.165) is 32.5 Å². The van der Waals surface area contributed by atoms with Crippen LogP contribution < -0.4 is 0 Å². The molecule has 0 aromatic heterocycles. The molecule has 1 N–H and O–H groups in total. The molecular formula is C12H26NO4S+. The van der Waals surface area contributed by atoms with Gasteiger partial charge in [0.25, 0.3) is 10.1 Å². The molecule has 108 valence electrons. The molecule has 0 atom stereocenters. The largest absolute Gasteiger partial charge is 0.323 e. The van der Waals surface area contributed by atoms with Crippen molar-refractivity contribution in [2.75, 3.05) is 31.9 Å². The first-order valence-electron chi connectivity index (χ1n) is 6.54. The molecule has 0 aliphatic carbocycles. The third-order valence-corrected chi connectivity index (χ3v) is 4.27. The predicted octanol–water partition coefficient (Wildman–Crippen LogP) is 1.49. The Morgan fingerprint density at radius 1 is 1.11 bits per heavy atom. The Morgan fingerprint density at radius 2 is 1.67 bits per heavy atom. The number of unbranched alkanes of at least 4 members (excludes halogenated alkanes) is 1. The van der Waals surface area contributed by atoms with E-state index in [4.69, 9.17) is 4.55 Å². The lowest BCUT2D eigenvalue weighted by Gasteiger charge is -2.36. The predicted molar refractivity (Wildman–Crippen MR) is 72.0 cm³/mol. The van der Waals surface area contributed by atoms with Crippen LogP contribution in [0.3, 0.4) is 0 Å². The molecule has 0 heterocycles. The number of ketones is 1. The van der Waals surface area contributed by atoms with E-state index in [2.05, 4.69) is 0 Å². The highest BCUT2D eigenvalue weighted by molar-refractivity contribution is 7.85. The number of carbonyl (C=O) groups excluding carboxylic acids is 1. The highest BCUT2D eigenvalue weighted by atomic mass is 32.2. The van der Waals surface area contributed by atoms with Gasteiger partial charge in [-0.25, -0.2) is 0 Å². The minimum absolute atomic E-state index is 0.193. The Balaban J connectivity index is 4.29. The third kappa shape index (κ3) is 7.79. The number of Topliss-reactive ketones (excluding diaryl/α,β-unsaturated/α-hetero) is 1. The maximum atomic E-state index is 10.8. The van der Waals surface area contributed by atoms with Crippen LogP contribution in [0.2, 0.25) is 0 Å². The van der Waals surface area contributed by atoms with Crippen molar-refractivity contribution in [1.82, 2.24) is 0 Å². The van der Waals surface area contributed by atoms with Crippen LogP contribution in [0.15, 0.2) is 0 Å². The van der Waals surface area contributed by atoms with E-state index >= 15 is 0 Å². The van der Waals surface area contributed by atoms with Gasteiger partial charge in [0, 0.05) is 6.42 Å². The Labute approximate surface area is 111 Å². The maximum Gasteiger partial charge on any atom is 0.270 e. The molecule has 0 saturated heterocycles. The van der Waals surface area contributed by atoms with E-state index in [-0.39, 0.29) is 11.5 Å². The molecule has 0 bridgehead atoms. The molecule has 0 aromatic rings. The van der Waals surface area contributed by atoms with Gasteiger partial charge in [-0.3, -0.25) is 4.55 Å². The number of hydrogen-bond donors (Lipinski definition) is 1. The molecule has 0 spiro atoms. The van der Waals surface area contributed by atoms with Gasteiger partial charge in [-0.2, -0.15) is 8.42 Å². The van der Waals surface area contributed by atoms with E-state index in [9.17, 15) is 13.2 Å². The van der Waals surface area contributed by atoms with E-state index < -0.39 is 10.1 Å². The van der Waals surface area contributed by atoms with Crippen molar-refractivity contribution in [3.63, 3.8) is 0 Å². The van der Waals surface area contributed by atoms with Crippen molar-refractivity contribution >= 4 is 15.9 Å². The topological polar surface area (TPSA) is 71.4 Å². The van der Waals surface area contributed by atoms with Crippen molar-refractivity contribution < 1.29 is 22.2 Å². The number of quaternary nitrogens is 1. The molecule has 0 aromatic carbocycles. The molecule has 0 unspecified atom stereocenters. The van der Waals surface area contributed by atoms with Gasteiger partial charge in [-0.15, -0.1) is 0 Å². The highest BCUT2D eigenvalue weighted by Crippen LogP contribution is 2.11. The second-order valence-electron chi connectivity index (χ2n) is 4.87. The summed E-state index contributed by atoms with van der Waals surface area (Å²) < 4.78 is 31.2. The SMILES string of the molecule is CC[N+](CC)(CCCCC(C)=O)CCS(=O)(=O)O. The summed E-state index contributed by atoms with van der Waals surface area (Å²) in [4.78, 5) is 10.8. The second kappa shape index (κ2) is 7.86. The van der Waals surface area contributed by atoms with Gasteiger partial charge in [-0.1, -0.05) is 0 Å². The summed E-state index contributed by atoms with van der Waals surface area (Å²) in [5.74, 6) is 0.000482. The quantitative estimate of drug-likeness (QED) is 0.374. The normalized spacial score (nSPS) is 12.7. The van der Waals surface area contributed by atoms with Crippen LogP contribution in [0.25, 0.3) is 0 Å². The van der Waals surface area contributed by atoms with Crippen molar-refractivity contribution in [3.05, 3.63) is 0 Å². The lowest BCUT2D eigenvalue weighted by Crippen LogP contribution is -2.51. The second-order valence-corrected chi connectivity index (χ2v) is 6.44. The molecule has 0 saturated carbocycles.